The van der Waals surface area contributed by atoms with Gasteiger partial charge in [0.25, 0.3) is 11.8 Å². The van der Waals surface area contributed by atoms with Crippen molar-refractivity contribution in [1.29, 1.82) is 0 Å². The number of benzene rings is 2. The molecule has 3 heterocycles. The molecule has 0 bridgehead atoms. The van der Waals surface area contributed by atoms with Crippen molar-refractivity contribution < 1.29 is 23.5 Å². The minimum atomic E-state index is -0.309. The Morgan fingerprint density at radius 2 is 1.76 bits per heavy atom. The summed E-state index contributed by atoms with van der Waals surface area (Å²) in [6.07, 6.45) is 5.21. The van der Waals surface area contributed by atoms with Gasteiger partial charge in [-0.05, 0) is 42.5 Å². The van der Waals surface area contributed by atoms with Gasteiger partial charge in [0.05, 0.1) is 18.8 Å². The van der Waals surface area contributed by atoms with Gasteiger partial charge in [0.2, 0.25) is 5.89 Å². The smallest absolute Gasteiger partial charge is 0.273 e. The van der Waals surface area contributed by atoms with Crippen LogP contribution in [0.25, 0.3) is 10.8 Å². The maximum Gasteiger partial charge on any atom is 0.273 e. The monoisotopic (exact) mass is 463 g/mol. The zero-order chi connectivity index (χ0) is 23.3. The summed E-state index contributed by atoms with van der Waals surface area (Å²) in [6, 6.07) is 13.6. The van der Waals surface area contributed by atoms with Crippen LogP contribution in [0.5, 0.6) is 0 Å². The molecule has 178 valence electrons. The van der Waals surface area contributed by atoms with Crippen molar-refractivity contribution in [3.05, 3.63) is 65.9 Å². The minimum absolute atomic E-state index is 0.0249. The number of nitrogens with one attached hydrogen (secondary N) is 1. The Balaban J connectivity index is 1.32. The van der Waals surface area contributed by atoms with Gasteiger partial charge in [0.1, 0.15) is 6.26 Å². The lowest BCUT2D eigenvalue weighted by atomic mass is 10.0. The molecule has 2 aromatic carbocycles. The van der Waals surface area contributed by atoms with Crippen LogP contribution in [0, 0.1) is 0 Å². The van der Waals surface area contributed by atoms with Crippen molar-refractivity contribution in [2.75, 3.05) is 26.3 Å². The largest absolute Gasteiger partial charge is 0.446 e. The molecule has 1 N–H and O–H groups in total. The first kappa shape index (κ1) is 22.6. The van der Waals surface area contributed by atoms with Gasteiger partial charge in [-0.25, -0.2) is 4.98 Å². The second-order valence-electron chi connectivity index (χ2n) is 8.82. The Bertz CT molecular complexity index is 1140. The average Bonchev–Trinajstić information content (AvgIpc) is 3.65. The van der Waals surface area contributed by atoms with Crippen LogP contribution in [0.2, 0.25) is 0 Å². The van der Waals surface area contributed by atoms with Crippen LogP contribution in [0.3, 0.4) is 0 Å². The zero-order valence-corrected chi connectivity index (χ0v) is 19.1. The van der Waals surface area contributed by atoms with E-state index in [-0.39, 0.29) is 36.3 Å². The molecule has 1 aromatic heterocycles. The zero-order valence-electron chi connectivity index (χ0n) is 19.1. The third-order valence-electron chi connectivity index (χ3n) is 6.38. The molecule has 5 rings (SSSR count). The van der Waals surface area contributed by atoms with Crippen LogP contribution in [-0.4, -0.2) is 60.2 Å². The maximum absolute atomic E-state index is 13.6. The molecular weight excluding hydrogens is 434 g/mol. The molecule has 2 unspecified atom stereocenters. The molecule has 0 radical (unpaired) electrons. The minimum Gasteiger partial charge on any atom is -0.446 e. The number of nitrogens with zero attached hydrogens (tertiary/aromatic N) is 2. The van der Waals surface area contributed by atoms with Crippen LogP contribution < -0.4 is 5.32 Å². The highest BCUT2D eigenvalue weighted by molar-refractivity contribution is 6.07. The summed E-state index contributed by atoms with van der Waals surface area (Å²) in [5.41, 5.74) is 0.819. The molecule has 2 aliphatic rings. The van der Waals surface area contributed by atoms with E-state index in [4.69, 9.17) is 13.9 Å². The summed E-state index contributed by atoms with van der Waals surface area (Å²) < 4.78 is 16.9. The Morgan fingerprint density at radius 3 is 2.56 bits per heavy atom. The normalized spacial score (nSPS) is 20.0. The summed E-state index contributed by atoms with van der Waals surface area (Å²) in [6.45, 7) is 2.48. The molecule has 2 fully saturated rings. The Hall–Kier alpha value is -3.23. The molecule has 3 aromatic rings. The van der Waals surface area contributed by atoms with E-state index in [0.717, 1.165) is 43.1 Å². The molecule has 8 heteroatoms. The molecule has 34 heavy (non-hydrogen) atoms. The van der Waals surface area contributed by atoms with Crippen LogP contribution in [0.15, 0.2) is 53.1 Å². The van der Waals surface area contributed by atoms with E-state index < -0.39 is 0 Å². The summed E-state index contributed by atoms with van der Waals surface area (Å²) in [4.78, 5) is 32.2. The molecule has 8 nitrogen and oxygen atoms in total. The van der Waals surface area contributed by atoms with Gasteiger partial charge in [-0.3, -0.25) is 9.59 Å². The number of hydrogen-bond acceptors (Lipinski definition) is 6. The van der Waals surface area contributed by atoms with E-state index in [1.807, 2.05) is 42.5 Å². The third kappa shape index (κ3) is 5.13. The highest BCUT2D eigenvalue weighted by Gasteiger charge is 2.26. The van der Waals surface area contributed by atoms with Crippen molar-refractivity contribution in [1.82, 2.24) is 15.2 Å². The number of fused-ring (bicyclic) bond motifs is 1. The quantitative estimate of drug-likeness (QED) is 0.549. The third-order valence-corrected chi connectivity index (χ3v) is 6.38. The van der Waals surface area contributed by atoms with Gasteiger partial charge < -0.3 is 24.1 Å². The van der Waals surface area contributed by atoms with Gasteiger partial charge in [-0.1, -0.05) is 36.4 Å². The van der Waals surface area contributed by atoms with E-state index in [1.165, 1.54) is 6.26 Å². The summed E-state index contributed by atoms with van der Waals surface area (Å²) >= 11 is 0. The Kier molecular flexibility index (Phi) is 6.87. The average molecular weight is 464 g/mol. The molecule has 2 atom stereocenters. The van der Waals surface area contributed by atoms with Crippen molar-refractivity contribution in [2.45, 2.75) is 44.4 Å². The number of carbonyl (C=O) groups is 2. The van der Waals surface area contributed by atoms with E-state index in [9.17, 15) is 9.59 Å². The van der Waals surface area contributed by atoms with Crippen LogP contribution in [0.1, 0.15) is 52.4 Å². The number of hydrogen-bond donors (Lipinski definition) is 1. The number of rotatable bonds is 8. The van der Waals surface area contributed by atoms with Gasteiger partial charge in [0.15, 0.2) is 5.69 Å². The van der Waals surface area contributed by atoms with Crippen molar-refractivity contribution in [2.24, 2.45) is 0 Å². The molecule has 2 aliphatic heterocycles. The SMILES string of the molecule is O=C(NCC1CCCO1)c1coc(CN(CC2CCCO2)C(=O)c2cccc3ccccc23)n1. The molecule has 2 amide bonds. The second-order valence-corrected chi connectivity index (χ2v) is 8.82. The summed E-state index contributed by atoms with van der Waals surface area (Å²) in [5, 5.41) is 4.75. The fourth-order valence-corrected chi connectivity index (χ4v) is 4.59. The first-order valence-corrected chi connectivity index (χ1v) is 11.9. The first-order valence-electron chi connectivity index (χ1n) is 11.9. The molecular formula is C26H29N3O5. The Labute approximate surface area is 198 Å². The standard InChI is InChI=1S/C26H29N3O5/c30-25(27-14-19-8-4-12-32-19)23-17-34-24(28-23)16-29(15-20-9-5-13-33-20)26(31)22-11-3-7-18-6-1-2-10-21(18)22/h1-3,6-7,10-11,17,19-20H,4-5,8-9,12-16H2,(H,27,30). The summed E-state index contributed by atoms with van der Waals surface area (Å²) in [5.74, 6) is -0.111. The van der Waals surface area contributed by atoms with Gasteiger partial charge in [-0.2, -0.15) is 0 Å². The van der Waals surface area contributed by atoms with E-state index in [0.29, 0.717) is 31.2 Å². The molecule has 0 spiro atoms. The van der Waals surface area contributed by atoms with Gasteiger partial charge >= 0.3 is 0 Å². The fourth-order valence-electron chi connectivity index (χ4n) is 4.59. The highest BCUT2D eigenvalue weighted by atomic mass is 16.5. The van der Waals surface area contributed by atoms with E-state index >= 15 is 0 Å². The van der Waals surface area contributed by atoms with Crippen LogP contribution in [0.4, 0.5) is 0 Å². The lowest BCUT2D eigenvalue weighted by Crippen LogP contribution is -2.37. The molecule has 0 saturated carbocycles. The molecule has 2 saturated heterocycles. The van der Waals surface area contributed by atoms with E-state index in [2.05, 4.69) is 10.3 Å². The molecule has 0 aliphatic carbocycles. The topological polar surface area (TPSA) is 93.9 Å². The predicted molar refractivity (Wildman–Crippen MR) is 125 cm³/mol. The van der Waals surface area contributed by atoms with Gasteiger partial charge in [-0.15, -0.1) is 0 Å². The summed E-state index contributed by atoms with van der Waals surface area (Å²) in [7, 11) is 0. The van der Waals surface area contributed by atoms with E-state index in [1.54, 1.807) is 4.90 Å². The number of ether oxygens (including phenoxy) is 2. The van der Waals surface area contributed by atoms with Crippen molar-refractivity contribution in [3.8, 4) is 0 Å². The van der Waals surface area contributed by atoms with Crippen LogP contribution >= 0.6 is 0 Å². The van der Waals surface area contributed by atoms with Gasteiger partial charge in [0, 0.05) is 31.9 Å². The second kappa shape index (κ2) is 10.4. The maximum atomic E-state index is 13.6. The number of oxazole rings is 1. The highest BCUT2D eigenvalue weighted by Crippen LogP contribution is 2.23. The number of carbonyl (C=O) groups excluding carboxylic acids is 2. The Morgan fingerprint density at radius 1 is 1.00 bits per heavy atom. The van der Waals surface area contributed by atoms with Crippen molar-refractivity contribution >= 4 is 22.6 Å². The number of aromatic nitrogens is 1. The predicted octanol–water partition coefficient (Wildman–Crippen LogP) is 3.56. The van der Waals surface area contributed by atoms with Crippen LogP contribution in [-0.2, 0) is 16.0 Å². The fraction of sp³-hybridized carbons (Fsp3) is 0.423. The lowest BCUT2D eigenvalue weighted by Gasteiger charge is -2.25. The number of amides is 2. The van der Waals surface area contributed by atoms with Crippen molar-refractivity contribution in [3.63, 3.8) is 0 Å². The lowest BCUT2D eigenvalue weighted by molar-refractivity contribution is 0.0489. The first-order chi connectivity index (χ1) is 16.7.